The number of fused-ring (bicyclic) bond motifs is 1. The number of hydrogen-bond donors (Lipinski definition) is 0. The molecule has 0 saturated carbocycles. The van der Waals surface area contributed by atoms with E-state index in [-0.39, 0.29) is 6.09 Å². The number of hydrogen-bond acceptors (Lipinski definition) is 3. The number of ether oxygens (including phenoxy) is 1. The molecule has 0 unspecified atom stereocenters. The van der Waals surface area contributed by atoms with E-state index in [1.165, 1.54) is 0 Å². The van der Waals surface area contributed by atoms with Gasteiger partial charge in [-0.2, -0.15) is 0 Å². The SMILES string of the molecule is CN1CCN(C(=O)OC(C)(C)C)Cc2ccc(Cl)cc21. The maximum atomic E-state index is 12.2. The lowest BCUT2D eigenvalue weighted by atomic mass is 10.1. The van der Waals surface area contributed by atoms with Crippen LogP contribution in [0.3, 0.4) is 0 Å². The van der Waals surface area contributed by atoms with Crippen LogP contribution in [-0.4, -0.2) is 36.7 Å². The number of likely N-dealkylation sites (N-methyl/N-ethyl adjacent to an activating group) is 1. The van der Waals surface area contributed by atoms with Crippen molar-refractivity contribution in [3.8, 4) is 0 Å². The second kappa shape index (κ2) is 5.52. The van der Waals surface area contributed by atoms with Gasteiger partial charge < -0.3 is 14.5 Å². The molecule has 1 heterocycles. The Morgan fingerprint density at radius 1 is 1.30 bits per heavy atom. The van der Waals surface area contributed by atoms with Gasteiger partial charge >= 0.3 is 6.09 Å². The summed E-state index contributed by atoms with van der Waals surface area (Å²) in [5.74, 6) is 0. The Morgan fingerprint density at radius 3 is 2.65 bits per heavy atom. The number of carbonyl (C=O) groups excluding carboxylic acids is 1. The molecule has 1 aromatic carbocycles. The maximum Gasteiger partial charge on any atom is 0.410 e. The Bertz CT molecular complexity index is 511. The van der Waals surface area contributed by atoms with E-state index in [1.807, 2.05) is 46.0 Å². The summed E-state index contributed by atoms with van der Waals surface area (Å²) >= 11 is 6.05. The summed E-state index contributed by atoms with van der Waals surface area (Å²) < 4.78 is 5.45. The van der Waals surface area contributed by atoms with Crippen LogP contribution < -0.4 is 4.90 Å². The van der Waals surface area contributed by atoms with E-state index < -0.39 is 5.60 Å². The highest BCUT2D eigenvalue weighted by atomic mass is 35.5. The molecular weight excluding hydrogens is 276 g/mol. The van der Waals surface area contributed by atoms with Crippen molar-refractivity contribution in [1.29, 1.82) is 0 Å². The van der Waals surface area contributed by atoms with Crippen LogP contribution >= 0.6 is 11.6 Å². The van der Waals surface area contributed by atoms with Crippen LogP contribution in [0.2, 0.25) is 5.02 Å². The molecule has 1 amide bonds. The molecular formula is C15H21ClN2O2. The molecule has 0 aromatic heterocycles. The van der Waals surface area contributed by atoms with Crippen LogP contribution in [0.5, 0.6) is 0 Å². The number of amides is 1. The zero-order chi connectivity index (χ0) is 14.9. The van der Waals surface area contributed by atoms with Crippen LogP contribution in [0.15, 0.2) is 18.2 Å². The van der Waals surface area contributed by atoms with E-state index in [2.05, 4.69) is 4.90 Å². The molecule has 4 nitrogen and oxygen atoms in total. The van der Waals surface area contributed by atoms with Gasteiger partial charge in [-0.1, -0.05) is 17.7 Å². The predicted octanol–water partition coefficient (Wildman–Crippen LogP) is 3.53. The average Bonchev–Trinajstić information content (AvgIpc) is 2.48. The molecule has 0 radical (unpaired) electrons. The van der Waals surface area contributed by atoms with Gasteiger partial charge in [0.05, 0.1) is 6.54 Å². The number of halogens is 1. The molecule has 110 valence electrons. The summed E-state index contributed by atoms with van der Waals surface area (Å²) in [5, 5.41) is 0.710. The molecule has 1 aliphatic heterocycles. The zero-order valence-corrected chi connectivity index (χ0v) is 13.2. The standard InChI is InChI=1S/C15H21ClN2O2/c1-15(2,3)20-14(19)18-8-7-17(4)13-9-12(16)6-5-11(13)10-18/h5-6,9H,7-8,10H2,1-4H3. The topological polar surface area (TPSA) is 32.8 Å². The summed E-state index contributed by atoms with van der Waals surface area (Å²) in [6.07, 6.45) is -0.270. The highest BCUT2D eigenvalue weighted by molar-refractivity contribution is 6.30. The third kappa shape index (κ3) is 3.57. The van der Waals surface area contributed by atoms with Gasteiger partial charge in [-0.15, -0.1) is 0 Å². The third-order valence-electron chi connectivity index (χ3n) is 3.18. The average molecular weight is 297 g/mol. The van der Waals surface area contributed by atoms with E-state index in [1.54, 1.807) is 4.90 Å². The summed E-state index contributed by atoms with van der Waals surface area (Å²) in [7, 11) is 2.01. The predicted molar refractivity (Wildman–Crippen MR) is 81.4 cm³/mol. The molecule has 0 atom stereocenters. The molecule has 0 bridgehead atoms. The van der Waals surface area contributed by atoms with E-state index in [0.29, 0.717) is 18.1 Å². The second-order valence-electron chi connectivity index (χ2n) is 6.10. The quantitative estimate of drug-likeness (QED) is 0.734. The minimum absolute atomic E-state index is 0.270. The Hall–Kier alpha value is -1.42. The number of benzene rings is 1. The Kier molecular flexibility index (Phi) is 4.14. The summed E-state index contributed by atoms with van der Waals surface area (Å²) in [4.78, 5) is 16.1. The number of rotatable bonds is 0. The lowest BCUT2D eigenvalue weighted by Gasteiger charge is -2.26. The van der Waals surface area contributed by atoms with E-state index in [0.717, 1.165) is 17.8 Å². The fraction of sp³-hybridized carbons (Fsp3) is 0.533. The molecule has 0 N–H and O–H groups in total. The monoisotopic (exact) mass is 296 g/mol. The maximum absolute atomic E-state index is 12.2. The molecule has 5 heteroatoms. The summed E-state index contributed by atoms with van der Waals surface area (Å²) in [6.45, 7) is 7.57. The first kappa shape index (κ1) is 15.0. The van der Waals surface area contributed by atoms with Gasteiger partial charge in [-0.3, -0.25) is 0 Å². The summed E-state index contributed by atoms with van der Waals surface area (Å²) in [6, 6.07) is 5.76. The fourth-order valence-electron chi connectivity index (χ4n) is 2.18. The number of anilines is 1. The molecule has 0 spiro atoms. The Labute approximate surface area is 125 Å². The molecule has 0 aliphatic carbocycles. The van der Waals surface area contributed by atoms with Crippen molar-refractivity contribution in [3.05, 3.63) is 28.8 Å². The Morgan fingerprint density at radius 2 is 2.00 bits per heavy atom. The second-order valence-corrected chi connectivity index (χ2v) is 6.53. The zero-order valence-electron chi connectivity index (χ0n) is 12.4. The molecule has 2 rings (SSSR count). The van der Waals surface area contributed by atoms with Gasteiger partial charge in [0, 0.05) is 30.8 Å². The van der Waals surface area contributed by atoms with Crippen molar-refractivity contribution in [3.63, 3.8) is 0 Å². The van der Waals surface area contributed by atoms with Gasteiger partial charge in [0.1, 0.15) is 5.60 Å². The van der Waals surface area contributed by atoms with E-state index in [4.69, 9.17) is 16.3 Å². The van der Waals surface area contributed by atoms with Gasteiger partial charge in [-0.25, -0.2) is 4.79 Å². The molecule has 1 aromatic rings. The molecule has 20 heavy (non-hydrogen) atoms. The first-order chi connectivity index (χ1) is 9.26. The number of carbonyl (C=O) groups is 1. The minimum Gasteiger partial charge on any atom is -0.444 e. The third-order valence-corrected chi connectivity index (χ3v) is 3.41. The molecule has 0 fully saturated rings. The van der Waals surface area contributed by atoms with Crippen molar-refractivity contribution in [1.82, 2.24) is 4.90 Å². The van der Waals surface area contributed by atoms with Gasteiger partial charge in [0.15, 0.2) is 0 Å². The van der Waals surface area contributed by atoms with Crippen LogP contribution in [0.1, 0.15) is 26.3 Å². The Balaban J connectivity index is 2.20. The van der Waals surface area contributed by atoms with Gasteiger partial charge in [-0.05, 0) is 38.5 Å². The van der Waals surface area contributed by atoms with Crippen molar-refractivity contribution in [2.24, 2.45) is 0 Å². The van der Waals surface area contributed by atoms with Crippen LogP contribution in [0, 0.1) is 0 Å². The van der Waals surface area contributed by atoms with E-state index >= 15 is 0 Å². The lowest BCUT2D eigenvalue weighted by molar-refractivity contribution is 0.0243. The van der Waals surface area contributed by atoms with Crippen molar-refractivity contribution < 1.29 is 9.53 Å². The van der Waals surface area contributed by atoms with Gasteiger partial charge in [0.2, 0.25) is 0 Å². The van der Waals surface area contributed by atoms with Crippen molar-refractivity contribution in [2.45, 2.75) is 32.9 Å². The number of nitrogens with zero attached hydrogens (tertiary/aromatic N) is 2. The first-order valence-electron chi connectivity index (χ1n) is 6.74. The first-order valence-corrected chi connectivity index (χ1v) is 7.11. The smallest absolute Gasteiger partial charge is 0.410 e. The highest BCUT2D eigenvalue weighted by Gasteiger charge is 2.25. The normalized spacial score (nSPS) is 15.7. The molecule has 0 saturated heterocycles. The lowest BCUT2D eigenvalue weighted by Crippen LogP contribution is -2.38. The summed E-state index contributed by atoms with van der Waals surface area (Å²) in [5.41, 5.74) is 1.68. The van der Waals surface area contributed by atoms with Crippen molar-refractivity contribution >= 4 is 23.4 Å². The van der Waals surface area contributed by atoms with Crippen molar-refractivity contribution in [2.75, 3.05) is 25.0 Å². The van der Waals surface area contributed by atoms with Crippen LogP contribution in [-0.2, 0) is 11.3 Å². The minimum atomic E-state index is -0.474. The highest BCUT2D eigenvalue weighted by Crippen LogP contribution is 2.28. The van der Waals surface area contributed by atoms with Gasteiger partial charge in [0.25, 0.3) is 0 Å². The van der Waals surface area contributed by atoms with E-state index in [9.17, 15) is 4.79 Å². The largest absolute Gasteiger partial charge is 0.444 e. The fourth-order valence-corrected chi connectivity index (χ4v) is 2.35. The van der Waals surface area contributed by atoms with Crippen LogP contribution in [0.25, 0.3) is 0 Å². The van der Waals surface area contributed by atoms with Crippen LogP contribution in [0.4, 0.5) is 10.5 Å². The molecule has 1 aliphatic rings.